The summed E-state index contributed by atoms with van der Waals surface area (Å²) in [6.45, 7) is 6.08. The lowest BCUT2D eigenvalue weighted by atomic mass is 9.90. The lowest BCUT2D eigenvalue weighted by Gasteiger charge is -2.15. The molecule has 2 rings (SSSR count). The maximum atomic E-state index is 12.3. The number of hydrogen-bond donors (Lipinski definition) is 0. The second-order valence-corrected chi connectivity index (χ2v) is 6.94. The van der Waals surface area contributed by atoms with Gasteiger partial charge in [0.15, 0.2) is 5.78 Å². The molecule has 0 radical (unpaired) electrons. The van der Waals surface area contributed by atoms with E-state index in [1.165, 1.54) is 0 Å². The van der Waals surface area contributed by atoms with E-state index in [0.29, 0.717) is 4.88 Å². The van der Waals surface area contributed by atoms with Gasteiger partial charge in [0.2, 0.25) is 0 Å². The van der Waals surface area contributed by atoms with E-state index in [0.717, 1.165) is 27.4 Å². The van der Waals surface area contributed by atoms with E-state index in [-0.39, 0.29) is 17.6 Å². The summed E-state index contributed by atoms with van der Waals surface area (Å²) in [6.07, 6.45) is 1.97. The van der Waals surface area contributed by atoms with Crippen LogP contribution in [0.3, 0.4) is 0 Å². The van der Waals surface area contributed by atoms with Gasteiger partial charge >= 0.3 is 0 Å². The summed E-state index contributed by atoms with van der Waals surface area (Å²) in [5.41, 5.74) is 1.34. The Balaban J connectivity index is 2.21. The number of pyridine rings is 1. The highest BCUT2D eigenvalue weighted by Gasteiger charge is 2.26. The molecule has 0 N–H and O–H groups in total. The first-order valence-electron chi connectivity index (χ1n) is 5.84. The van der Waals surface area contributed by atoms with Gasteiger partial charge in [-0.15, -0.1) is 5.10 Å². The zero-order valence-electron chi connectivity index (χ0n) is 11.0. The van der Waals surface area contributed by atoms with Crippen molar-refractivity contribution >= 4 is 33.2 Å². The van der Waals surface area contributed by atoms with Crippen molar-refractivity contribution in [3.8, 4) is 0 Å². The fourth-order valence-electron chi connectivity index (χ4n) is 1.62. The van der Waals surface area contributed by atoms with Crippen LogP contribution in [0.2, 0.25) is 0 Å². The molecule has 2 heterocycles. The van der Waals surface area contributed by atoms with Crippen molar-refractivity contribution in [1.29, 1.82) is 0 Å². The number of aromatic nitrogens is 3. The number of hydrogen-bond acceptors (Lipinski definition) is 5. The normalized spacial score (nSPS) is 11.6. The molecule has 0 amide bonds. The molecular weight excluding hydrogens is 326 g/mol. The molecule has 0 bridgehead atoms. The van der Waals surface area contributed by atoms with Crippen LogP contribution >= 0.6 is 27.5 Å². The molecule has 0 fully saturated rings. The molecule has 0 saturated carbocycles. The SMILES string of the molecule is CC(C)(C)c1nnsc1C(=O)Cc1ccc(Br)cn1. The maximum Gasteiger partial charge on any atom is 0.182 e. The Morgan fingerprint density at radius 1 is 1.37 bits per heavy atom. The van der Waals surface area contributed by atoms with Gasteiger partial charge in [-0.05, 0) is 39.6 Å². The molecule has 0 atom stereocenters. The van der Waals surface area contributed by atoms with Gasteiger partial charge in [-0.25, -0.2) is 0 Å². The minimum absolute atomic E-state index is 0.0229. The van der Waals surface area contributed by atoms with Crippen LogP contribution < -0.4 is 0 Å². The molecule has 4 nitrogen and oxygen atoms in total. The molecule has 0 saturated heterocycles. The zero-order chi connectivity index (χ0) is 14.0. The van der Waals surface area contributed by atoms with Crippen molar-refractivity contribution in [3.05, 3.63) is 39.1 Å². The molecule has 0 aromatic carbocycles. The molecule has 2 aromatic heterocycles. The molecule has 6 heteroatoms. The first-order chi connectivity index (χ1) is 8.88. The summed E-state index contributed by atoms with van der Waals surface area (Å²) in [5, 5.41) is 4.08. The zero-order valence-corrected chi connectivity index (χ0v) is 13.4. The van der Waals surface area contributed by atoms with Gasteiger partial charge in [-0.3, -0.25) is 9.78 Å². The third kappa shape index (κ3) is 3.45. The molecule has 0 aliphatic rings. The van der Waals surface area contributed by atoms with E-state index in [2.05, 4.69) is 30.5 Å². The van der Waals surface area contributed by atoms with Gasteiger partial charge in [0, 0.05) is 21.8 Å². The van der Waals surface area contributed by atoms with E-state index >= 15 is 0 Å². The van der Waals surface area contributed by atoms with Crippen LogP contribution in [0.5, 0.6) is 0 Å². The number of carbonyl (C=O) groups excluding carboxylic acids is 1. The molecular formula is C13H14BrN3OS. The lowest BCUT2D eigenvalue weighted by molar-refractivity contribution is 0.0993. The van der Waals surface area contributed by atoms with Crippen LogP contribution in [0.4, 0.5) is 0 Å². The summed E-state index contributed by atoms with van der Waals surface area (Å²) < 4.78 is 4.81. The highest BCUT2D eigenvalue weighted by molar-refractivity contribution is 9.10. The first-order valence-corrected chi connectivity index (χ1v) is 7.41. The largest absolute Gasteiger partial charge is 0.293 e. The van der Waals surface area contributed by atoms with Crippen molar-refractivity contribution < 1.29 is 4.79 Å². The Hall–Kier alpha value is -1.14. The molecule has 0 aliphatic heterocycles. The molecule has 2 aromatic rings. The maximum absolute atomic E-state index is 12.3. The minimum atomic E-state index is -0.175. The Morgan fingerprint density at radius 2 is 2.11 bits per heavy atom. The second kappa shape index (κ2) is 5.46. The summed E-state index contributed by atoms with van der Waals surface area (Å²) in [4.78, 5) is 17.2. The average molecular weight is 340 g/mol. The highest BCUT2D eigenvalue weighted by Crippen LogP contribution is 2.26. The predicted octanol–water partition coefficient (Wildman–Crippen LogP) is 3.42. The summed E-state index contributed by atoms with van der Waals surface area (Å²) in [7, 11) is 0. The number of rotatable bonds is 3. The van der Waals surface area contributed by atoms with Crippen LogP contribution in [0.25, 0.3) is 0 Å². The highest BCUT2D eigenvalue weighted by atomic mass is 79.9. The topological polar surface area (TPSA) is 55.7 Å². The van der Waals surface area contributed by atoms with E-state index in [9.17, 15) is 4.79 Å². The summed E-state index contributed by atoms with van der Waals surface area (Å²) >= 11 is 4.48. The van der Waals surface area contributed by atoms with Gasteiger partial charge in [-0.2, -0.15) is 0 Å². The third-order valence-corrected chi connectivity index (χ3v) is 3.82. The minimum Gasteiger partial charge on any atom is -0.293 e. The smallest absolute Gasteiger partial charge is 0.182 e. The Bertz CT molecular complexity index is 587. The van der Waals surface area contributed by atoms with Crippen molar-refractivity contribution in [2.24, 2.45) is 0 Å². The standard InChI is InChI=1S/C13H14BrN3OS/c1-13(2,3)12-11(19-17-16-12)10(18)6-9-5-4-8(14)7-15-9/h4-5,7H,6H2,1-3H3. The van der Waals surface area contributed by atoms with Crippen molar-refractivity contribution in [3.63, 3.8) is 0 Å². The number of Topliss-reactive ketones (excluding diaryl/α,β-unsaturated/α-hetero) is 1. The molecule has 19 heavy (non-hydrogen) atoms. The third-order valence-electron chi connectivity index (χ3n) is 2.58. The van der Waals surface area contributed by atoms with Crippen LogP contribution in [0.1, 0.15) is 41.8 Å². The van der Waals surface area contributed by atoms with Crippen LogP contribution in [-0.4, -0.2) is 20.4 Å². The molecule has 0 unspecified atom stereocenters. The monoisotopic (exact) mass is 339 g/mol. The number of nitrogens with zero attached hydrogens (tertiary/aromatic N) is 3. The Morgan fingerprint density at radius 3 is 2.68 bits per heavy atom. The molecule has 0 aliphatic carbocycles. The van der Waals surface area contributed by atoms with Crippen LogP contribution in [0.15, 0.2) is 22.8 Å². The summed E-state index contributed by atoms with van der Waals surface area (Å²) in [6, 6.07) is 3.72. The second-order valence-electron chi connectivity index (χ2n) is 5.27. The molecule has 100 valence electrons. The van der Waals surface area contributed by atoms with E-state index in [1.54, 1.807) is 6.20 Å². The number of ketones is 1. The Kier molecular flexibility index (Phi) is 4.10. The van der Waals surface area contributed by atoms with Gasteiger partial charge in [0.1, 0.15) is 4.88 Å². The summed E-state index contributed by atoms with van der Waals surface area (Å²) in [5.74, 6) is 0.0229. The van der Waals surface area contributed by atoms with E-state index < -0.39 is 0 Å². The van der Waals surface area contributed by atoms with Crippen molar-refractivity contribution in [2.75, 3.05) is 0 Å². The quantitative estimate of drug-likeness (QED) is 0.804. The van der Waals surface area contributed by atoms with E-state index in [1.807, 2.05) is 32.9 Å². The Labute approximate surface area is 124 Å². The molecule has 0 spiro atoms. The van der Waals surface area contributed by atoms with Crippen LogP contribution in [0, 0.1) is 0 Å². The van der Waals surface area contributed by atoms with Gasteiger partial charge < -0.3 is 0 Å². The number of carbonyl (C=O) groups is 1. The average Bonchev–Trinajstić information content (AvgIpc) is 2.81. The fraction of sp³-hybridized carbons (Fsp3) is 0.385. The lowest BCUT2D eigenvalue weighted by Crippen LogP contribution is -2.17. The van der Waals surface area contributed by atoms with Crippen molar-refractivity contribution in [2.45, 2.75) is 32.6 Å². The van der Waals surface area contributed by atoms with Crippen LogP contribution in [-0.2, 0) is 11.8 Å². The number of halogens is 1. The van der Waals surface area contributed by atoms with Gasteiger partial charge in [0.25, 0.3) is 0 Å². The predicted molar refractivity (Wildman–Crippen MR) is 78.6 cm³/mol. The fourth-order valence-corrected chi connectivity index (χ4v) is 2.67. The van der Waals surface area contributed by atoms with E-state index in [4.69, 9.17) is 0 Å². The van der Waals surface area contributed by atoms with Crippen molar-refractivity contribution in [1.82, 2.24) is 14.6 Å². The van der Waals surface area contributed by atoms with Gasteiger partial charge in [-0.1, -0.05) is 25.3 Å². The first kappa shape index (κ1) is 14.3. The van der Waals surface area contributed by atoms with Gasteiger partial charge in [0.05, 0.1) is 12.1 Å².